The monoisotopic (exact) mass is 208 g/mol. The molecule has 4 nitrogen and oxygen atoms in total. The van der Waals surface area contributed by atoms with Crippen LogP contribution in [0.25, 0.3) is 0 Å². The minimum atomic E-state index is -0.875. The lowest BCUT2D eigenvalue weighted by Crippen LogP contribution is -2.38. The Labute approximate surface area is 89.7 Å². The highest BCUT2D eigenvalue weighted by molar-refractivity contribution is 5.71. The van der Waals surface area contributed by atoms with Gasteiger partial charge in [-0.25, -0.2) is 4.79 Å². The van der Waals surface area contributed by atoms with E-state index in [4.69, 9.17) is 10.9 Å². The third kappa shape index (κ3) is 3.64. The maximum absolute atomic E-state index is 10.6. The highest BCUT2D eigenvalue weighted by Crippen LogP contribution is 2.16. The molecule has 0 saturated carbocycles. The zero-order valence-corrected chi connectivity index (χ0v) is 8.81. The maximum Gasteiger partial charge on any atom is 0.339 e. The predicted octanol–water partition coefficient (Wildman–Crippen LogP) is 1.50. The molecule has 3 N–H and O–H groups in total. The average Bonchev–Trinajstić information content (AvgIpc) is 2.26. The largest absolute Gasteiger partial charge is 0.350 e. The molecule has 4 heteroatoms. The van der Waals surface area contributed by atoms with Crippen LogP contribution in [0.1, 0.15) is 26.2 Å². The molecule has 1 aliphatic carbocycles. The van der Waals surface area contributed by atoms with E-state index in [1.807, 2.05) is 0 Å². The molecule has 0 aromatic rings. The molecule has 0 fully saturated rings. The quantitative estimate of drug-likeness (QED) is 0.297. The van der Waals surface area contributed by atoms with Crippen LogP contribution >= 0.6 is 0 Å². The SMILES string of the molecule is CC(C#CC1CC=CCC1)N(O)C(N)=O. The molecular weight excluding hydrogens is 192 g/mol. The number of carbonyl (C=O) groups excluding carboxylic acids is 1. The van der Waals surface area contributed by atoms with Crippen LogP contribution in [0, 0.1) is 17.8 Å². The minimum Gasteiger partial charge on any atom is -0.350 e. The van der Waals surface area contributed by atoms with Gasteiger partial charge < -0.3 is 5.73 Å². The Morgan fingerprint density at radius 1 is 1.67 bits per heavy atom. The summed E-state index contributed by atoms with van der Waals surface area (Å²) in [5.74, 6) is 6.20. The molecule has 0 bridgehead atoms. The van der Waals surface area contributed by atoms with Crippen molar-refractivity contribution < 1.29 is 10.0 Å². The Bertz CT molecular complexity index is 314. The van der Waals surface area contributed by atoms with Gasteiger partial charge in [0.25, 0.3) is 0 Å². The van der Waals surface area contributed by atoms with Crippen molar-refractivity contribution in [2.45, 2.75) is 32.2 Å². The number of hydrogen-bond acceptors (Lipinski definition) is 2. The number of allylic oxidation sites excluding steroid dienone is 2. The summed E-state index contributed by atoms with van der Waals surface area (Å²) in [5, 5.41) is 9.62. The van der Waals surface area contributed by atoms with Crippen molar-refractivity contribution in [3.05, 3.63) is 12.2 Å². The average molecular weight is 208 g/mol. The van der Waals surface area contributed by atoms with Crippen molar-refractivity contribution in [3.63, 3.8) is 0 Å². The zero-order valence-electron chi connectivity index (χ0n) is 8.81. The zero-order chi connectivity index (χ0) is 11.3. The van der Waals surface area contributed by atoms with E-state index in [1.165, 1.54) is 0 Å². The number of rotatable bonds is 1. The third-order valence-corrected chi connectivity index (χ3v) is 2.36. The van der Waals surface area contributed by atoms with Crippen LogP contribution in [-0.4, -0.2) is 22.3 Å². The van der Waals surface area contributed by atoms with Crippen LogP contribution in [0.15, 0.2) is 12.2 Å². The molecule has 1 rings (SSSR count). The molecule has 2 atom stereocenters. The normalized spacial score (nSPS) is 21.3. The summed E-state index contributed by atoms with van der Waals surface area (Å²) in [5.41, 5.74) is 4.90. The van der Waals surface area contributed by atoms with Crippen molar-refractivity contribution in [2.75, 3.05) is 0 Å². The van der Waals surface area contributed by atoms with E-state index in [1.54, 1.807) is 6.92 Å². The summed E-state index contributed by atoms with van der Waals surface area (Å²) in [6.07, 6.45) is 7.29. The lowest BCUT2D eigenvalue weighted by atomic mass is 9.95. The number of urea groups is 1. The molecule has 15 heavy (non-hydrogen) atoms. The van der Waals surface area contributed by atoms with Gasteiger partial charge >= 0.3 is 6.03 Å². The van der Waals surface area contributed by atoms with E-state index in [0.29, 0.717) is 11.0 Å². The van der Waals surface area contributed by atoms with Crippen molar-refractivity contribution >= 4 is 6.03 Å². The Balaban J connectivity index is 2.49. The molecule has 0 saturated heterocycles. The van der Waals surface area contributed by atoms with E-state index >= 15 is 0 Å². The minimum absolute atomic E-state index is 0.332. The van der Waals surface area contributed by atoms with E-state index < -0.39 is 12.1 Å². The molecule has 2 unspecified atom stereocenters. The summed E-state index contributed by atoms with van der Waals surface area (Å²) < 4.78 is 0. The molecule has 0 spiro atoms. The van der Waals surface area contributed by atoms with Gasteiger partial charge in [0.1, 0.15) is 6.04 Å². The molecule has 1 aliphatic rings. The van der Waals surface area contributed by atoms with Gasteiger partial charge in [0, 0.05) is 5.92 Å². The van der Waals surface area contributed by atoms with Crippen LogP contribution in [0.2, 0.25) is 0 Å². The van der Waals surface area contributed by atoms with Crippen LogP contribution in [0.4, 0.5) is 4.79 Å². The molecule has 0 aromatic heterocycles. The smallest absolute Gasteiger partial charge is 0.339 e. The van der Waals surface area contributed by atoms with Crippen molar-refractivity contribution in [1.82, 2.24) is 5.06 Å². The van der Waals surface area contributed by atoms with E-state index in [0.717, 1.165) is 19.3 Å². The van der Waals surface area contributed by atoms with E-state index in [-0.39, 0.29) is 0 Å². The highest BCUT2D eigenvalue weighted by Gasteiger charge is 2.12. The second-order valence-electron chi connectivity index (χ2n) is 3.63. The number of carbonyl (C=O) groups is 1. The van der Waals surface area contributed by atoms with E-state index in [9.17, 15) is 4.79 Å². The molecule has 0 heterocycles. The fraction of sp³-hybridized carbons (Fsp3) is 0.545. The lowest BCUT2D eigenvalue weighted by Gasteiger charge is -2.16. The summed E-state index contributed by atoms with van der Waals surface area (Å²) in [4.78, 5) is 10.6. The van der Waals surface area contributed by atoms with Crippen LogP contribution < -0.4 is 5.73 Å². The van der Waals surface area contributed by atoms with Gasteiger partial charge in [-0.2, -0.15) is 5.06 Å². The highest BCUT2D eigenvalue weighted by atomic mass is 16.5. The van der Waals surface area contributed by atoms with Crippen LogP contribution in [0.5, 0.6) is 0 Å². The van der Waals surface area contributed by atoms with Gasteiger partial charge in [0.2, 0.25) is 0 Å². The predicted molar refractivity (Wildman–Crippen MR) is 56.9 cm³/mol. The first-order chi connectivity index (χ1) is 7.11. The number of hydroxylamine groups is 2. The molecule has 0 aliphatic heterocycles. The molecule has 0 radical (unpaired) electrons. The Morgan fingerprint density at radius 2 is 2.40 bits per heavy atom. The molecular formula is C11H16N2O2. The van der Waals surface area contributed by atoms with Gasteiger partial charge in [-0.05, 0) is 26.2 Å². The number of hydrogen-bond donors (Lipinski definition) is 2. The van der Waals surface area contributed by atoms with Gasteiger partial charge in [-0.15, -0.1) is 0 Å². The number of nitrogens with zero attached hydrogens (tertiary/aromatic N) is 1. The fourth-order valence-electron chi connectivity index (χ4n) is 1.42. The van der Waals surface area contributed by atoms with Gasteiger partial charge in [0.15, 0.2) is 0 Å². The van der Waals surface area contributed by atoms with Crippen LogP contribution in [0.3, 0.4) is 0 Å². The van der Waals surface area contributed by atoms with Gasteiger partial charge in [0.05, 0.1) is 0 Å². The maximum atomic E-state index is 10.6. The Kier molecular flexibility index (Phi) is 4.19. The van der Waals surface area contributed by atoms with Gasteiger partial charge in [-0.1, -0.05) is 24.0 Å². The summed E-state index contributed by atoms with van der Waals surface area (Å²) in [7, 11) is 0. The Hall–Kier alpha value is -1.47. The molecule has 0 aromatic carbocycles. The van der Waals surface area contributed by atoms with Crippen molar-refractivity contribution in [1.29, 1.82) is 0 Å². The third-order valence-electron chi connectivity index (χ3n) is 2.36. The van der Waals surface area contributed by atoms with Crippen molar-refractivity contribution in [3.8, 4) is 11.8 Å². The lowest BCUT2D eigenvalue weighted by molar-refractivity contribution is -0.0537. The number of primary amides is 1. The summed E-state index contributed by atoms with van der Waals surface area (Å²) in [6.45, 7) is 1.64. The topological polar surface area (TPSA) is 66.6 Å². The summed E-state index contributed by atoms with van der Waals surface area (Å²) >= 11 is 0. The second kappa shape index (κ2) is 5.42. The van der Waals surface area contributed by atoms with Gasteiger partial charge in [-0.3, -0.25) is 5.21 Å². The molecule has 82 valence electrons. The number of nitrogens with two attached hydrogens (primary N) is 1. The fourth-order valence-corrected chi connectivity index (χ4v) is 1.42. The van der Waals surface area contributed by atoms with E-state index in [2.05, 4.69) is 24.0 Å². The first kappa shape index (κ1) is 11.6. The first-order valence-corrected chi connectivity index (χ1v) is 5.05. The number of amides is 2. The first-order valence-electron chi connectivity index (χ1n) is 5.05. The molecule has 2 amide bonds. The Morgan fingerprint density at radius 3 is 2.93 bits per heavy atom. The van der Waals surface area contributed by atoms with Crippen LogP contribution in [-0.2, 0) is 0 Å². The standard InChI is InChI=1S/C11H16N2O2/c1-9(13(15)11(12)14)7-8-10-5-3-2-4-6-10/h2-3,9-10,15H,4-6H2,1H3,(H2,12,14). The van der Waals surface area contributed by atoms with Crippen molar-refractivity contribution in [2.24, 2.45) is 11.7 Å². The summed E-state index contributed by atoms with van der Waals surface area (Å²) in [6, 6.07) is -1.42. The second-order valence-corrected chi connectivity index (χ2v) is 3.63.